The summed E-state index contributed by atoms with van der Waals surface area (Å²) < 4.78 is 0. The normalized spacial score (nSPS) is 14.2. The van der Waals surface area contributed by atoms with Gasteiger partial charge in [0.2, 0.25) is 0 Å². The first-order valence-electron chi connectivity index (χ1n) is 19.0. The number of rotatable bonds is 3. The molecule has 2 aliphatic carbocycles. The third kappa shape index (κ3) is 4.62. The third-order valence-corrected chi connectivity index (χ3v) is 12.2. The molecule has 0 heteroatoms. The first-order valence-corrected chi connectivity index (χ1v) is 19.0. The lowest BCUT2D eigenvalue weighted by Crippen LogP contribution is -2.31. The maximum Gasteiger partial charge on any atom is 0.0159 e. The van der Waals surface area contributed by atoms with E-state index in [1.54, 1.807) is 0 Å². The van der Waals surface area contributed by atoms with Crippen molar-refractivity contribution in [3.8, 4) is 44.5 Å². The van der Waals surface area contributed by atoms with Gasteiger partial charge in [-0.05, 0) is 158 Å². The highest BCUT2D eigenvalue weighted by Crippen LogP contribution is 2.52. The van der Waals surface area contributed by atoms with Gasteiger partial charge in [-0.25, -0.2) is 0 Å². The van der Waals surface area contributed by atoms with Crippen LogP contribution in [0.25, 0.3) is 99.7 Å². The van der Waals surface area contributed by atoms with Crippen LogP contribution >= 0.6 is 0 Å². The van der Waals surface area contributed by atoms with Crippen LogP contribution in [-0.4, -0.2) is 0 Å². The van der Waals surface area contributed by atoms with Crippen molar-refractivity contribution in [2.75, 3.05) is 0 Å². The first kappa shape index (κ1) is 30.4. The van der Waals surface area contributed by atoms with Crippen LogP contribution in [0, 0.1) is 0 Å². The molecule has 0 atom stereocenters. The van der Waals surface area contributed by atoms with Crippen LogP contribution in [0.2, 0.25) is 0 Å². The van der Waals surface area contributed by atoms with Crippen LogP contribution in [0.5, 0.6) is 0 Å². The van der Waals surface area contributed by atoms with Crippen molar-refractivity contribution in [3.05, 3.63) is 179 Å². The predicted molar refractivity (Wildman–Crippen MR) is 228 cm³/mol. The van der Waals surface area contributed by atoms with Gasteiger partial charge in [-0.2, -0.15) is 0 Å². The molecule has 11 rings (SSSR count). The van der Waals surface area contributed by atoms with Crippen molar-refractivity contribution in [1.29, 1.82) is 0 Å². The molecule has 9 aromatic carbocycles. The maximum absolute atomic E-state index is 2.57. The van der Waals surface area contributed by atoms with E-state index in [-0.39, 0.29) is 5.41 Å². The second-order valence-electron chi connectivity index (χ2n) is 15.6. The van der Waals surface area contributed by atoms with Gasteiger partial charge in [0.05, 0.1) is 0 Å². The molecule has 0 N–H and O–H groups in total. The summed E-state index contributed by atoms with van der Waals surface area (Å²) in [5.74, 6) is 0. The van der Waals surface area contributed by atoms with E-state index in [1.165, 1.54) is 109 Å². The van der Waals surface area contributed by atoms with Gasteiger partial charge in [0, 0.05) is 5.41 Å². The molecule has 0 saturated carbocycles. The Morgan fingerprint density at radius 1 is 0.358 bits per heavy atom. The summed E-state index contributed by atoms with van der Waals surface area (Å²) in [6.45, 7) is 4.85. The molecule has 0 saturated heterocycles. The van der Waals surface area contributed by atoms with Gasteiger partial charge in [-0.1, -0.05) is 147 Å². The molecule has 0 unspecified atom stereocenters. The Morgan fingerprint density at radius 2 is 0.774 bits per heavy atom. The summed E-state index contributed by atoms with van der Waals surface area (Å²) >= 11 is 0. The Balaban J connectivity index is 1.21. The average molecular weight is 675 g/mol. The number of hydrogen-bond acceptors (Lipinski definition) is 0. The molecule has 0 heterocycles. The van der Waals surface area contributed by atoms with Crippen LogP contribution in [-0.2, 0) is 5.41 Å². The van der Waals surface area contributed by atoms with Crippen molar-refractivity contribution in [1.82, 2.24) is 0 Å². The van der Waals surface area contributed by atoms with Crippen molar-refractivity contribution < 1.29 is 0 Å². The Bertz CT molecular complexity index is 3140. The SMILES string of the molecule is CC1(C)c2cc(-c3ccc4ccccc4c3)ccc2-c2cc3c(-c4ccc5ccccc5c4)c4c(c(-c5ccc6ccccc6c5)c3cc21)=CCCC=4. The average Bonchev–Trinajstić information content (AvgIpc) is 3.43. The summed E-state index contributed by atoms with van der Waals surface area (Å²) in [5, 5.41) is 13.1. The smallest absolute Gasteiger partial charge is 0.0159 e. The molecule has 0 aromatic heterocycles. The lowest BCUT2D eigenvalue weighted by molar-refractivity contribution is 0.661. The Morgan fingerprint density at radius 3 is 1.32 bits per heavy atom. The Hall–Kier alpha value is -6.24. The van der Waals surface area contributed by atoms with Gasteiger partial charge in [-0.3, -0.25) is 0 Å². The van der Waals surface area contributed by atoms with Gasteiger partial charge < -0.3 is 0 Å². The molecule has 2 aliphatic rings. The van der Waals surface area contributed by atoms with E-state index in [4.69, 9.17) is 0 Å². The minimum absolute atomic E-state index is 0.165. The fourth-order valence-corrected chi connectivity index (χ4v) is 9.49. The van der Waals surface area contributed by atoms with Crippen LogP contribution in [0.4, 0.5) is 0 Å². The van der Waals surface area contributed by atoms with E-state index in [0.29, 0.717) is 0 Å². The highest BCUT2D eigenvalue weighted by molar-refractivity contribution is 6.10. The Labute approximate surface area is 310 Å². The molecular weight excluding hydrogens is 637 g/mol. The zero-order valence-corrected chi connectivity index (χ0v) is 30.1. The summed E-state index contributed by atoms with van der Waals surface area (Å²) in [7, 11) is 0. The zero-order valence-electron chi connectivity index (χ0n) is 30.1. The van der Waals surface area contributed by atoms with E-state index in [2.05, 4.69) is 184 Å². The van der Waals surface area contributed by atoms with E-state index in [1.807, 2.05) is 0 Å². The van der Waals surface area contributed by atoms with E-state index in [9.17, 15) is 0 Å². The molecule has 9 aromatic rings. The molecular formula is C53H38. The standard InChI is InChI=1S/C53H38/c1-53(2)49-30-40(39-22-19-33-11-3-6-14-36(33)27-39)25-26-43(49)46-31-47-48(32-50(46)53)52(42-24-21-35-13-5-8-16-38(35)29-42)45-18-10-9-17-44(45)51(47)41-23-20-34-12-4-7-15-37(34)28-41/h3-8,11-32H,9-10H2,1-2H3. The maximum atomic E-state index is 2.57. The molecule has 53 heavy (non-hydrogen) atoms. The van der Waals surface area contributed by atoms with Gasteiger partial charge in [0.1, 0.15) is 0 Å². The van der Waals surface area contributed by atoms with Crippen molar-refractivity contribution >= 4 is 55.2 Å². The highest BCUT2D eigenvalue weighted by Gasteiger charge is 2.37. The van der Waals surface area contributed by atoms with Gasteiger partial charge >= 0.3 is 0 Å². The van der Waals surface area contributed by atoms with Crippen molar-refractivity contribution in [3.63, 3.8) is 0 Å². The van der Waals surface area contributed by atoms with Crippen LogP contribution in [0.3, 0.4) is 0 Å². The quantitative estimate of drug-likeness (QED) is 0.175. The van der Waals surface area contributed by atoms with Gasteiger partial charge in [0.25, 0.3) is 0 Å². The van der Waals surface area contributed by atoms with Crippen LogP contribution < -0.4 is 10.4 Å². The molecule has 0 amide bonds. The monoisotopic (exact) mass is 674 g/mol. The summed E-state index contributed by atoms with van der Waals surface area (Å²) in [4.78, 5) is 0. The van der Waals surface area contributed by atoms with E-state index >= 15 is 0 Å². The van der Waals surface area contributed by atoms with Gasteiger partial charge in [-0.15, -0.1) is 0 Å². The van der Waals surface area contributed by atoms with Crippen molar-refractivity contribution in [2.45, 2.75) is 32.1 Å². The lowest BCUT2D eigenvalue weighted by atomic mass is 9.79. The third-order valence-electron chi connectivity index (χ3n) is 12.2. The predicted octanol–water partition coefficient (Wildman–Crippen LogP) is 13.0. The summed E-state index contributed by atoms with van der Waals surface area (Å²) in [5.41, 5.74) is 13.1. The van der Waals surface area contributed by atoms with Crippen LogP contribution in [0.15, 0.2) is 158 Å². The van der Waals surface area contributed by atoms with Gasteiger partial charge in [0.15, 0.2) is 0 Å². The largest absolute Gasteiger partial charge is 0.0757 e. The summed E-state index contributed by atoms with van der Waals surface area (Å²) in [6, 6.07) is 59.4. The number of fused-ring (bicyclic) bond motifs is 8. The second-order valence-corrected chi connectivity index (χ2v) is 15.6. The van der Waals surface area contributed by atoms with E-state index in [0.717, 1.165) is 12.8 Å². The van der Waals surface area contributed by atoms with Crippen molar-refractivity contribution in [2.24, 2.45) is 0 Å². The fraction of sp³-hybridized carbons (Fsp3) is 0.0943. The topological polar surface area (TPSA) is 0 Å². The van der Waals surface area contributed by atoms with Crippen LogP contribution in [0.1, 0.15) is 37.8 Å². The minimum atomic E-state index is -0.165. The van der Waals surface area contributed by atoms with E-state index < -0.39 is 0 Å². The molecule has 0 aliphatic heterocycles. The highest BCUT2D eigenvalue weighted by atomic mass is 14.4. The number of hydrogen-bond donors (Lipinski definition) is 0. The lowest BCUT2D eigenvalue weighted by Gasteiger charge is -2.24. The second kappa shape index (κ2) is 11.4. The molecule has 0 fully saturated rings. The summed E-state index contributed by atoms with van der Waals surface area (Å²) in [6.07, 6.45) is 7.11. The molecule has 0 spiro atoms. The molecule has 0 nitrogen and oxygen atoms in total. The minimum Gasteiger partial charge on any atom is -0.0757 e. The molecule has 250 valence electrons. The number of benzene rings is 9. The Kier molecular flexibility index (Phi) is 6.53. The molecule has 0 radical (unpaired) electrons. The fourth-order valence-electron chi connectivity index (χ4n) is 9.49. The first-order chi connectivity index (χ1) is 26.0. The zero-order chi connectivity index (χ0) is 35.3. The molecule has 0 bridgehead atoms.